The van der Waals surface area contributed by atoms with Crippen LogP contribution in [0.5, 0.6) is 5.75 Å². The molecule has 2 aromatic rings. The van der Waals surface area contributed by atoms with Crippen molar-refractivity contribution in [1.29, 1.82) is 0 Å². The van der Waals surface area contributed by atoms with Gasteiger partial charge in [0.1, 0.15) is 5.75 Å². The molecular weight excluding hydrogens is 234 g/mol. The highest BCUT2D eigenvalue weighted by Crippen LogP contribution is 2.34. The Labute approximate surface area is 103 Å². The van der Waals surface area contributed by atoms with Gasteiger partial charge in [-0.15, -0.1) is 5.10 Å². The van der Waals surface area contributed by atoms with Gasteiger partial charge in [-0.25, -0.2) is 4.98 Å². The van der Waals surface area contributed by atoms with Crippen LogP contribution in [0.3, 0.4) is 0 Å². The number of nitrogens with one attached hydrogen (secondary N) is 1. The summed E-state index contributed by atoms with van der Waals surface area (Å²) in [6.45, 7) is 0. The van der Waals surface area contributed by atoms with Crippen molar-refractivity contribution in [2.45, 2.75) is 18.0 Å². The Balaban J connectivity index is 1.72. The van der Waals surface area contributed by atoms with Crippen LogP contribution in [0.2, 0.25) is 0 Å². The number of hydrogen-bond acceptors (Lipinski definition) is 4. The Morgan fingerprint density at radius 1 is 1.29 bits per heavy atom. The summed E-state index contributed by atoms with van der Waals surface area (Å²) in [6.07, 6.45) is 2.70. The summed E-state index contributed by atoms with van der Waals surface area (Å²) >= 11 is 1.71. The second-order valence-corrected chi connectivity index (χ2v) is 5.26. The van der Waals surface area contributed by atoms with Crippen LogP contribution in [0, 0.1) is 5.92 Å². The first-order chi connectivity index (χ1) is 8.31. The normalized spacial score (nSPS) is 15.1. The molecule has 1 aromatic heterocycles. The predicted octanol–water partition coefficient (Wildman–Crippen LogP) is 2.68. The van der Waals surface area contributed by atoms with E-state index in [1.54, 1.807) is 23.9 Å². The highest BCUT2D eigenvalue weighted by atomic mass is 32.2. The zero-order chi connectivity index (χ0) is 11.7. The third-order valence-corrected chi connectivity index (χ3v) is 3.83. The number of aromatic amines is 1. The molecular formula is C12H13N3OS. The molecule has 1 aliphatic carbocycles. The minimum Gasteiger partial charge on any atom is -0.508 e. The molecule has 1 fully saturated rings. The Morgan fingerprint density at radius 3 is 2.76 bits per heavy atom. The molecule has 1 aromatic carbocycles. The zero-order valence-electron chi connectivity index (χ0n) is 9.26. The lowest BCUT2D eigenvalue weighted by Gasteiger charge is -1.95. The third kappa shape index (κ3) is 2.61. The summed E-state index contributed by atoms with van der Waals surface area (Å²) in [4.78, 5) is 4.42. The van der Waals surface area contributed by atoms with E-state index in [1.807, 2.05) is 12.1 Å². The van der Waals surface area contributed by atoms with Crippen molar-refractivity contribution >= 4 is 11.8 Å². The largest absolute Gasteiger partial charge is 0.508 e. The molecule has 4 nitrogen and oxygen atoms in total. The molecule has 1 aliphatic rings. The number of rotatable bonds is 4. The van der Waals surface area contributed by atoms with E-state index in [4.69, 9.17) is 0 Å². The number of hydrogen-bond donors (Lipinski definition) is 2. The van der Waals surface area contributed by atoms with E-state index in [-0.39, 0.29) is 5.75 Å². The van der Waals surface area contributed by atoms with Gasteiger partial charge in [-0.3, -0.25) is 5.10 Å². The number of nitrogens with zero attached hydrogens (tertiary/aromatic N) is 2. The highest BCUT2D eigenvalue weighted by molar-refractivity contribution is 7.99. The van der Waals surface area contributed by atoms with E-state index in [2.05, 4.69) is 15.2 Å². The van der Waals surface area contributed by atoms with Crippen molar-refractivity contribution in [3.63, 3.8) is 0 Å². The van der Waals surface area contributed by atoms with Gasteiger partial charge in [-0.1, -0.05) is 11.8 Å². The Bertz CT molecular complexity index is 505. The van der Waals surface area contributed by atoms with Crippen LogP contribution >= 0.6 is 11.8 Å². The molecule has 0 radical (unpaired) electrons. The second-order valence-electron chi connectivity index (χ2n) is 4.27. The molecule has 2 N–H and O–H groups in total. The zero-order valence-corrected chi connectivity index (χ0v) is 10.1. The molecule has 0 atom stereocenters. The minimum atomic E-state index is 0.261. The van der Waals surface area contributed by atoms with E-state index in [0.717, 1.165) is 28.2 Å². The monoisotopic (exact) mass is 247 g/mol. The van der Waals surface area contributed by atoms with Crippen LogP contribution in [0.1, 0.15) is 12.8 Å². The van der Waals surface area contributed by atoms with Gasteiger partial charge in [0, 0.05) is 11.3 Å². The number of thioether (sulfide) groups is 1. The van der Waals surface area contributed by atoms with Crippen LogP contribution in [0.4, 0.5) is 0 Å². The Morgan fingerprint density at radius 2 is 2.06 bits per heavy atom. The molecule has 1 heterocycles. The molecule has 3 rings (SSSR count). The van der Waals surface area contributed by atoms with Crippen LogP contribution in [0.15, 0.2) is 29.4 Å². The number of benzene rings is 1. The maximum absolute atomic E-state index is 9.21. The van der Waals surface area contributed by atoms with Gasteiger partial charge in [-0.2, -0.15) is 0 Å². The van der Waals surface area contributed by atoms with Gasteiger partial charge >= 0.3 is 0 Å². The van der Waals surface area contributed by atoms with Gasteiger partial charge in [0.25, 0.3) is 0 Å². The second kappa shape index (κ2) is 4.41. The predicted molar refractivity (Wildman–Crippen MR) is 66.9 cm³/mol. The summed E-state index contributed by atoms with van der Waals surface area (Å²) in [5.41, 5.74) is 0.938. The van der Waals surface area contributed by atoms with E-state index < -0.39 is 0 Å². The van der Waals surface area contributed by atoms with Gasteiger partial charge in [0.15, 0.2) is 5.82 Å². The Hall–Kier alpha value is -1.49. The summed E-state index contributed by atoms with van der Waals surface area (Å²) in [5.74, 6) is 3.00. The SMILES string of the molecule is Oc1ccc(-c2nc(SCC3CC3)n[nH]2)cc1. The maximum atomic E-state index is 9.21. The van der Waals surface area contributed by atoms with Crippen LogP contribution in [-0.4, -0.2) is 26.0 Å². The molecule has 0 saturated heterocycles. The molecule has 1 saturated carbocycles. The third-order valence-electron chi connectivity index (χ3n) is 2.75. The summed E-state index contributed by atoms with van der Waals surface area (Å²) in [6, 6.07) is 6.94. The number of phenolic OH excluding ortho intramolecular Hbond substituents is 1. The fourth-order valence-corrected chi connectivity index (χ4v) is 2.52. The molecule has 88 valence electrons. The Kier molecular flexibility index (Phi) is 2.76. The number of H-pyrrole nitrogens is 1. The fourth-order valence-electron chi connectivity index (χ4n) is 1.54. The average molecular weight is 247 g/mol. The van der Waals surface area contributed by atoms with Gasteiger partial charge in [0.05, 0.1) is 0 Å². The molecule has 0 unspecified atom stereocenters. The first-order valence-electron chi connectivity index (χ1n) is 5.66. The van der Waals surface area contributed by atoms with Crippen molar-refractivity contribution in [3.05, 3.63) is 24.3 Å². The van der Waals surface area contributed by atoms with Gasteiger partial charge in [0.2, 0.25) is 5.16 Å². The van der Waals surface area contributed by atoms with E-state index >= 15 is 0 Å². The maximum Gasteiger partial charge on any atom is 0.208 e. The average Bonchev–Trinajstić information content (AvgIpc) is 3.06. The van der Waals surface area contributed by atoms with Crippen LogP contribution in [0.25, 0.3) is 11.4 Å². The lowest BCUT2D eigenvalue weighted by atomic mass is 10.2. The van der Waals surface area contributed by atoms with E-state index in [9.17, 15) is 5.11 Å². The molecule has 5 heteroatoms. The van der Waals surface area contributed by atoms with Crippen molar-refractivity contribution in [2.24, 2.45) is 5.92 Å². The topological polar surface area (TPSA) is 61.8 Å². The summed E-state index contributed by atoms with van der Waals surface area (Å²) in [5, 5.41) is 17.1. The first kappa shape index (κ1) is 10.7. The molecule has 0 aliphatic heterocycles. The number of phenols is 1. The smallest absolute Gasteiger partial charge is 0.208 e. The van der Waals surface area contributed by atoms with Crippen molar-refractivity contribution in [2.75, 3.05) is 5.75 Å². The fraction of sp³-hybridized carbons (Fsp3) is 0.333. The summed E-state index contributed by atoms with van der Waals surface area (Å²) in [7, 11) is 0. The quantitative estimate of drug-likeness (QED) is 0.815. The highest BCUT2D eigenvalue weighted by Gasteiger charge is 2.22. The lowest BCUT2D eigenvalue weighted by Crippen LogP contribution is -1.82. The molecule has 17 heavy (non-hydrogen) atoms. The lowest BCUT2D eigenvalue weighted by molar-refractivity contribution is 0.475. The van der Waals surface area contributed by atoms with Gasteiger partial charge in [-0.05, 0) is 43.0 Å². The van der Waals surface area contributed by atoms with Crippen molar-refractivity contribution in [1.82, 2.24) is 15.2 Å². The minimum absolute atomic E-state index is 0.261. The van der Waals surface area contributed by atoms with E-state index in [1.165, 1.54) is 12.8 Å². The molecule has 0 amide bonds. The number of aromatic hydroxyl groups is 1. The van der Waals surface area contributed by atoms with Crippen LogP contribution in [-0.2, 0) is 0 Å². The molecule has 0 bridgehead atoms. The van der Waals surface area contributed by atoms with Crippen LogP contribution < -0.4 is 0 Å². The first-order valence-corrected chi connectivity index (χ1v) is 6.64. The molecule has 0 spiro atoms. The van der Waals surface area contributed by atoms with Crippen molar-refractivity contribution in [3.8, 4) is 17.1 Å². The van der Waals surface area contributed by atoms with Gasteiger partial charge < -0.3 is 5.11 Å². The van der Waals surface area contributed by atoms with E-state index in [0.29, 0.717) is 0 Å². The van der Waals surface area contributed by atoms with Crippen molar-refractivity contribution < 1.29 is 5.11 Å². The number of aromatic nitrogens is 3. The summed E-state index contributed by atoms with van der Waals surface area (Å²) < 4.78 is 0. The standard InChI is InChI=1S/C12H13N3OS/c16-10-5-3-9(4-6-10)11-13-12(15-14-11)17-7-8-1-2-8/h3-6,8,16H,1-2,7H2,(H,13,14,15).